The zero-order valence-electron chi connectivity index (χ0n) is 10.7. The number of ether oxygens (including phenoxy) is 1. The lowest BCUT2D eigenvalue weighted by Crippen LogP contribution is -2.67. The smallest absolute Gasteiger partial charge is 0.151 e. The maximum Gasteiger partial charge on any atom is 0.151 e. The molecule has 0 radical (unpaired) electrons. The van der Waals surface area contributed by atoms with Gasteiger partial charge in [-0.3, -0.25) is 4.90 Å². The zero-order chi connectivity index (χ0) is 13.7. The van der Waals surface area contributed by atoms with Crippen LogP contribution < -0.4 is 4.74 Å². The standard InChI is InChI=1S/C13H16ClNO3S/c1-18-12-4-11(14)3-2-10(12)5-15-6-13(7-15)8-19(16,17)9-13/h2-4H,5-9H2,1H3. The minimum atomic E-state index is -2.73. The summed E-state index contributed by atoms with van der Waals surface area (Å²) in [7, 11) is -1.10. The molecular formula is C13H16ClNO3S. The first-order valence-electron chi connectivity index (χ1n) is 6.17. The van der Waals surface area contributed by atoms with Crippen LogP contribution in [-0.4, -0.2) is 45.0 Å². The van der Waals surface area contributed by atoms with E-state index in [0.717, 1.165) is 30.9 Å². The summed E-state index contributed by atoms with van der Waals surface area (Å²) in [6.07, 6.45) is 0. The highest BCUT2D eigenvalue weighted by Gasteiger charge is 2.55. The highest BCUT2D eigenvalue weighted by molar-refractivity contribution is 7.92. The summed E-state index contributed by atoms with van der Waals surface area (Å²) in [5, 5.41) is 0.658. The number of halogens is 1. The van der Waals surface area contributed by atoms with Crippen LogP contribution in [0, 0.1) is 5.41 Å². The Hall–Kier alpha value is -0.780. The lowest BCUT2D eigenvalue weighted by Gasteiger charge is -2.55. The average molecular weight is 302 g/mol. The third-order valence-corrected chi connectivity index (χ3v) is 6.15. The van der Waals surface area contributed by atoms with E-state index in [2.05, 4.69) is 4.90 Å². The Kier molecular flexibility index (Phi) is 3.04. The van der Waals surface area contributed by atoms with E-state index in [9.17, 15) is 8.42 Å². The zero-order valence-corrected chi connectivity index (χ0v) is 12.3. The van der Waals surface area contributed by atoms with Gasteiger partial charge in [-0.15, -0.1) is 0 Å². The Morgan fingerprint density at radius 2 is 2.05 bits per heavy atom. The molecule has 2 aliphatic rings. The molecule has 0 bridgehead atoms. The van der Waals surface area contributed by atoms with Gasteiger partial charge in [0, 0.05) is 35.6 Å². The van der Waals surface area contributed by atoms with Gasteiger partial charge in [0.15, 0.2) is 9.84 Å². The van der Waals surface area contributed by atoms with Crippen LogP contribution in [0.5, 0.6) is 5.75 Å². The van der Waals surface area contributed by atoms with E-state index < -0.39 is 9.84 Å². The topological polar surface area (TPSA) is 46.6 Å². The molecule has 1 aromatic rings. The summed E-state index contributed by atoms with van der Waals surface area (Å²) in [6.45, 7) is 2.50. The van der Waals surface area contributed by atoms with Crippen molar-refractivity contribution in [2.45, 2.75) is 6.54 Å². The molecular weight excluding hydrogens is 286 g/mol. The molecule has 0 saturated carbocycles. The Balaban J connectivity index is 1.63. The number of likely N-dealkylation sites (tertiary alicyclic amines) is 1. The predicted octanol–water partition coefficient (Wildman–Crippen LogP) is 1.58. The SMILES string of the molecule is COc1cc(Cl)ccc1CN1CC2(C1)CS(=O)(=O)C2. The van der Waals surface area contributed by atoms with Crippen molar-refractivity contribution in [3.05, 3.63) is 28.8 Å². The van der Waals surface area contributed by atoms with Gasteiger partial charge in [0.05, 0.1) is 18.6 Å². The number of benzene rings is 1. The van der Waals surface area contributed by atoms with Crippen LogP contribution in [0.3, 0.4) is 0 Å². The first-order chi connectivity index (χ1) is 8.91. The first kappa shape index (κ1) is 13.2. The molecule has 0 unspecified atom stereocenters. The molecule has 3 rings (SSSR count). The van der Waals surface area contributed by atoms with Gasteiger partial charge in [0.2, 0.25) is 0 Å². The van der Waals surface area contributed by atoms with E-state index in [1.165, 1.54) is 0 Å². The van der Waals surface area contributed by atoms with Crippen LogP contribution in [-0.2, 0) is 16.4 Å². The van der Waals surface area contributed by atoms with Gasteiger partial charge < -0.3 is 4.74 Å². The predicted molar refractivity (Wildman–Crippen MR) is 74.4 cm³/mol. The van der Waals surface area contributed by atoms with Crippen molar-refractivity contribution < 1.29 is 13.2 Å². The van der Waals surface area contributed by atoms with Gasteiger partial charge in [0.25, 0.3) is 0 Å². The maximum atomic E-state index is 11.2. The van der Waals surface area contributed by atoms with Crippen molar-refractivity contribution in [2.24, 2.45) is 5.41 Å². The van der Waals surface area contributed by atoms with Crippen molar-refractivity contribution in [3.63, 3.8) is 0 Å². The average Bonchev–Trinajstić information content (AvgIpc) is 2.26. The number of hydrogen-bond donors (Lipinski definition) is 0. The monoisotopic (exact) mass is 301 g/mol. The molecule has 0 aromatic heterocycles. The van der Waals surface area contributed by atoms with E-state index >= 15 is 0 Å². The quantitative estimate of drug-likeness (QED) is 0.850. The van der Waals surface area contributed by atoms with Gasteiger partial charge in [-0.2, -0.15) is 0 Å². The molecule has 0 N–H and O–H groups in total. The van der Waals surface area contributed by atoms with Crippen LogP contribution in [0.2, 0.25) is 5.02 Å². The highest BCUT2D eigenvalue weighted by atomic mass is 35.5. The van der Waals surface area contributed by atoms with E-state index in [1.807, 2.05) is 12.1 Å². The van der Waals surface area contributed by atoms with E-state index in [1.54, 1.807) is 13.2 Å². The van der Waals surface area contributed by atoms with Crippen LogP contribution in [0.15, 0.2) is 18.2 Å². The van der Waals surface area contributed by atoms with Gasteiger partial charge >= 0.3 is 0 Å². The van der Waals surface area contributed by atoms with E-state index in [4.69, 9.17) is 16.3 Å². The fourth-order valence-corrected chi connectivity index (χ4v) is 5.49. The summed E-state index contributed by atoms with van der Waals surface area (Å²) in [6, 6.07) is 5.62. The number of hydrogen-bond acceptors (Lipinski definition) is 4. The fourth-order valence-electron chi connectivity index (χ4n) is 3.18. The van der Waals surface area contributed by atoms with Crippen molar-refractivity contribution >= 4 is 21.4 Å². The van der Waals surface area contributed by atoms with Crippen LogP contribution >= 0.6 is 11.6 Å². The molecule has 104 valence electrons. The molecule has 2 fully saturated rings. The van der Waals surface area contributed by atoms with Gasteiger partial charge in [-0.05, 0) is 12.1 Å². The van der Waals surface area contributed by atoms with Crippen LogP contribution in [0.25, 0.3) is 0 Å². The number of methoxy groups -OCH3 is 1. The largest absolute Gasteiger partial charge is 0.496 e. The molecule has 6 heteroatoms. The second-order valence-electron chi connectivity index (χ2n) is 5.63. The van der Waals surface area contributed by atoms with Gasteiger partial charge in [0.1, 0.15) is 5.75 Å². The van der Waals surface area contributed by atoms with Crippen molar-refractivity contribution in [1.82, 2.24) is 4.90 Å². The van der Waals surface area contributed by atoms with Crippen molar-refractivity contribution in [3.8, 4) is 5.75 Å². The molecule has 1 aromatic carbocycles. The molecule has 0 amide bonds. The number of sulfone groups is 1. The molecule has 1 spiro atoms. The molecule has 2 heterocycles. The van der Waals surface area contributed by atoms with Crippen molar-refractivity contribution in [2.75, 3.05) is 31.7 Å². The van der Waals surface area contributed by atoms with E-state index in [-0.39, 0.29) is 5.41 Å². The Labute approximate surface area is 118 Å². The van der Waals surface area contributed by atoms with Gasteiger partial charge in [-0.25, -0.2) is 8.42 Å². The second kappa shape index (κ2) is 4.36. The molecule has 0 aliphatic carbocycles. The maximum absolute atomic E-state index is 11.2. The Bertz CT molecular complexity index is 594. The fraction of sp³-hybridized carbons (Fsp3) is 0.538. The summed E-state index contributed by atoms with van der Waals surface area (Å²) < 4.78 is 27.8. The number of rotatable bonds is 3. The minimum absolute atomic E-state index is 0.0402. The minimum Gasteiger partial charge on any atom is -0.496 e. The van der Waals surface area contributed by atoms with Gasteiger partial charge in [-0.1, -0.05) is 17.7 Å². The summed E-state index contributed by atoms with van der Waals surface area (Å²) >= 11 is 5.93. The Morgan fingerprint density at radius 1 is 1.37 bits per heavy atom. The van der Waals surface area contributed by atoms with E-state index in [0.29, 0.717) is 16.5 Å². The molecule has 0 atom stereocenters. The lowest BCUT2D eigenvalue weighted by atomic mass is 9.82. The van der Waals surface area contributed by atoms with Crippen LogP contribution in [0.1, 0.15) is 5.56 Å². The summed E-state index contributed by atoms with van der Waals surface area (Å²) in [5.74, 6) is 1.50. The second-order valence-corrected chi connectivity index (χ2v) is 8.13. The number of nitrogens with zero attached hydrogens (tertiary/aromatic N) is 1. The molecule has 4 nitrogen and oxygen atoms in total. The third-order valence-electron chi connectivity index (χ3n) is 3.81. The molecule has 2 saturated heterocycles. The highest BCUT2D eigenvalue weighted by Crippen LogP contribution is 2.42. The van der Waals surface area contributed by atoms with Crippen molar-refractivity contribution in [1.29, 1.82) is 0 Å². The van der Waals surface area contributed by atoms with Crippen LogP contribution in [0.4, 0.5) is 0 Å². The lowest BCUT2D eigenvalue weighted by molar-refractivity contribution is 0.0175. The Morgan fingerprint density at radius 3 is 2.63 bits per heavy atom. The third kappa shape index (κ3) is 2.47. The first-order valence-corrected chi connectivity index (χ1v) is 8.37. The summed E-state index contributed by atoms with van der Waals surface area (Å²) in [4.78, 5) is 2.25. The summed E-state index contributed by atoms with van der Waals surface area (Å²) in [5.41, 5.74) is 1.13. The molecule has 19 heavy (non-hydrogen) atoms. The normalized spacial score (nSPS) is 23.7. The molecule has 2 aliphatic heterocycles.